The summed E-state index contributed by atoms with van der Waals surface area (Å²) >= 11 is 12.4. The summed E-state index contributed by atoms with van der Waals surface area (Å²) in [5.41, 5.74) is 1.83. The SMILES string of the molecule is Fc1cccc(C(CCl)(CCl)CCCc2ccccc2)c1. The van der Waals surface area contributed by atoms with Crippen LogP contribution < -0.4 is 0 Å². The third kappa shape index (κ3) is 4.21. The van der Waals surface area contributed by atoms with E-state index in [1.807, 2.05) is 24.3 Å². The number of hydrogen-bond donors (Lipinski definition) is 0. The Balaban J connectivity index is 2.08. The van der Waals surface area contributed by atoms with E-state index in [4.69, 9.17) is 23.2 Å². The van der Waals surface area contributed by atoms with Crippen LogP contribution in [0.2, 0.25) is 0 Å². The Hall–Kier alpha value is -1.05. The second-order valence-electron chi connectivity index (χ2n) is 5.40. The third-order valence-corrected chi connectivity index (χ3v) is 4.94. The fourth-order valence-electron chi connectivity index (χ4n) is 2.56. The Labute approximate surface area is 135 Å². The quantitative estimate of drug-likeness (QED) is 0.584. The third-order valence-electron chi connectivity index (χ3n) is 3.91. The lowest BCUT2D eigenvalue weighted by Crippen LogP contribution is -2.31. The fraction of sp³-hybridized carbons (Fsp3) is 0.333. The highest BCUT2D eigenvalue weighted by atomic mass is 35.5. The summed E-state index contributed by atoms with van der Waals surface area (Å²) in [6.07, 6.45) is 2.80. The zero-order valence-electron chi connectivity index (χ0n) is 11.9. The maximum Gasteiger partial charge on any atom is 0.123 e. The molecular weight excluding hydrogens is 306 g/mol. The first-order chi connectivity index (χ1) is 10.2. The molecule has 0 spiro atoms. The highest BCUT2D eigenvalue weighted by Crippen LogP contribution is 2.33. The van der Waals surface area contributed by atoms with Gasteiger partial charge in [-0.25, -0.2) is 4.39 Å². The molecule has 2 rings (SSSR count). The first kappa shape index (κ1) is 16.3. The monoisotopic (exact) mass is 324 g/mol. The molecule has 0 heterocycles. The van der Waals surface area contributed by atoms with Crippen LogP contribution in [-0.4, -0.2) is 11.8 Å². The average molecular weight is 325 g/mol. The standard InChI is InChI=1S/C18H19Cl2F/c19-13-18(14-20,16-9-4-10-17(21)12-16)11-5-8-15-6-2-1-3-7-15/h1-4,6-7,9-10,12H,5,8,11,13-14H2. The first-order valence-electron chi connectivity index (χ1n) is 7.12. The molecule has 0 atom stereocenters. The molecule has 112 valence electrons. The van der Waals surface area contributed by atoms with Crippen LogP contribution in [0.4, 0.5) is 4.39 Å². The summed E-state index contributed by atoms with van der Waals surface area (Å²) in [6.45, 7) is 0. The number of hydrogen-bond acceptors (Lipinski definition) is 0. The minimum atomic E-state index is -0.361. The number of rotatable bonds is 7. The van der Waals surface area contributed by atoms with Crippen molar-refractivity contribution in [3.8, 4) is 0 Å². The lowest BCUT2D eigenvalue weighted by molar-refractivity contribution is 0.469. The van der Waals surface area contributed by atoms with Gasteiger partial charge < -0.3 is 0 Å². The van der Waals surface area contributed by atoms with Gasteiger partial charge in [0.1, 0.15) is 5.82 Å². The lowest BCUT2D eigenvalue weighted by Gasteiger charge is -2.30. The smallest absolute Gasteiger partial charge is 0.123 e. The molecule has 0 nitrogen and oxygen atoms in total. The summed E-state index contributed by atoms with van der Waals surface area (Å²) in [4.78, 5) is 0. The van der Waals surface area contributed by atoms with E-state index in [1.54, 1.807) is 12.1 Å². The summed E-state index contributed by atoms with van der Waals surface area (Å²) in [5, 5.41) is 0. The summed E-state index contributed by atoms with van der Waals surface area (Å²) in [5.74, 6) is 0.555. The van der Waals surface area contributed by atoms with Crippen molar-refractivity contribution in [2.24, 2.45) is 0 Å². The molecule has 0 amide bonds. The molecule has 0 N–H and O–H groups in total. The van der Waals surface area contributed by atoms with Crippen LogP contribution in [0.15, 0.2) is 54.6 Å². The maximum absolute atomic E-state index is 13.5. The number of aryl methyl sites for hydroxylation is 1. The van der Waals surface area contributed by atoms with E-state index in [0.717, 1.165) is 24.8 Å². The van der Waals surface area contributed by atoms with E-state index in [0.29, 0.717) is 11.8 Å². The Morgan fingerprint density at radius 3 is 2.24 bits per heavy atom. The van der Waals surface area contributed by atoms with Crippen molar-refractivity contribution >= 4 is 23.2 Å². The topological polar surface area (TPSA) is 0 Å². The van der Waals surface area contributed by atoms with Crippen molar-refractivity contribution in [1.82, 2.24) is 0 Å². The molecule has 2 aromatic rings. The number of benzene rings is 2. The van der Waals surface area contributed by atoms with Gasteiger partial charge >= 0.3 is 0 Å². The van der Waals surface area contributed by atoms with Crippen molar-refractivity contribution in [3.63, 3.8) is 0 Å². The number of halogens is 3. The Bertz CT molecular complexity index is 550. The van der Waals surface area contributed by atoms with Gasteiger partial charge in [-0.15, -0.1) is 23.2 Å². The van der Waals surface area contributed by atoms with Gasteiger partial charge in [-0.3, -0.25) is 0 Å². The van der Waals surface area contributed by atoms with E-state index in [9.17, 15) is 4.39 Å². The normalized spacial score (nSPS) is 11.6. The Morgan fingerprint density at radius 1 is 0.905 bits per heavy atom. The second kappa shape index (κ2) is 7.82. The van der Waals surface area contributed by atoms with Crippen LogP contribution in [0, 0.1) is 5.82 Å². The van der Waals surface area contributed by atoms with Gasteiger partial charge in [0, 0.05) is 17.2 Å². The number of alkyl halides is 2. The molecule has 0 saturated heterocycles. The predicted octanol–water partition coefficient (Wildman–Crippen LogP) is 5.56. The largest absolute Gasteiger partial charge is 0.207 e. The van der Waals surface area contributed by atoms with Crippen LogP contribution in [-0.2, 0) is 11.8 Å². The van der Waals surface area contributed by atoms with Crippen LogP contribution in [0.25, 0.3) is 0 Å². The molecule has 0 saturated carbocycles. The lowest BCUT2D eigenvalue weighted by atomic mass is 9.79. The van der Waals surface area contributed by atoms with Crippen LogP contribution in [0.1, 0.15) is 24.0 Å². The molecule has 0 fully saturated rings. The Kier molecular flexibility index (Phi) is 6.08. The molecule has 3 heteroatoms. The van der Waals surface area contributed by atoms with Gasteiger partial charge in [-0.2, -0.15) is 0 Å². The van der Waals surface area contributed by atoms with Crippen LogP contribution in [0.5, 0.6) is 0 Å². The molecular formula is C18H19Cl2F. The highest BCUT2D eigenvalue weighted by molar-refractivity contribution is 6.22. The molecule has 0 aromatic heterocycles. The van der Waals surface area contributed by atoms with Crippen molar-refractivity contribution in [3.05, 3.63) is 71.5 Å². The van der Waals surface area contributed by atoms with Gasteiger partial charge in [-0.05, 0) is 42.5 Å². The fourth-order valence-corrected chi connectivity index (χ4v) is 3.42. The minimum absolute atomic E-state index is 0.241. The van der Waals surface area contributed by atoms with Crippen LogP contribution >= 0.6 is 23.2 Å². The van der Waals surface area contributed by atoms with E-state index < -0.39 is 0 Å². The van der Waals surface area contributed by atoms with Gasteiger partial charge in [0.25, 0.3) is 0 Å². The molecule has 0 aliphatic rings. The van der Waals surface area contributed by atoms with E-state index in [1.165, 1.54) is 11.6 Å². The van der Waals surface area contributed by atoms with Gasteiger partial charge in [0.2, 0.25) is 0 Å². The van der Waals surface area contributed by atoms with Gasteiger partial charge in [0.15, 0.2) is 0 Å². The minimum Gasteiger partial charge on any atom is -0.207 e. The average Bonchev–Trinajstić information content (AvgIpc) is 2.53. The summed E-state index contributed by atoms with van der Waals surface area (Å²) < 4.78 is 13.5. The highest BCUT2D eigenvalue weighted by Gasteiger charge is 2.30. The van der Waals surface area contributed by atoms with Gasteiger partial charge in [0.05, 0.1) is 0 Å². The zero-order chi connectivity index (χ0) is 15.1. The predicted molar refractivity (Wildman–Crippen MR) is 88.9 cm³/mol. The molecule has 0 aliphatic heterocycles. The van der Waals surface area contributed by atoms with Crippen molar-refractivity contribution < 1.29 is 4.39 Å². The molecule has 0 unspecified atom stereocenters. The molecule has 0 bridgehead atoms. The van der Waals surface area contributed by atoms with Crippen molar-refractivity contribution in [2.75, 3.05) is 11.8 Å². The zero-order valence-corrected chi connectivity index (χ0v) is 13.4. The molecule has 0 aliphatic carbocycles. The molecule has 2 aromatic carbocycles. The molecule has 21 heavy (non-hydrogen) atoms. The summed E-state index contributed by atoms with van der Waals surface area (Å²) in [6, 6.07) is 16.9. The molecule has 0 radical (unpaired) electrons. The van der Waals surface area contributed by atoms with Crippen LogP contribution in [0.3, 0.4) is 0 Å². The maximum atomic E-state index is 13.5. The van der Waals surface area contributed by atoms with E-state index in [2.05, 4.69) is 12.1 Å². The van der Waals surface area contributed by atoms with Crippen molar-refractivity contribution in [2.45, 2.75) is 24.7 Å². The summed E-state index contributed by atoms with van der Waals surface area (Å²) in [7, 11) is 0. The first-order valence-corrected chi connectivity index (χ1v) is 8.19. The van der Waals surface area contributed by atoms with E-state index >= 15 is 0 Å². The van der Waals surface area contributed by atoms with Crippen molar-refractivity contribution in [1.29, 1.82) is 0 Å². The second-order valence-corrected chi connectivity index (χ2v) is 5.93. The van der Waals surface area contributed by atoms with Gasteiger partial charge in [-0.1, -0.05) is 42.5 Å². The van der Waals surface area contributed by atoms with E-state index in [-0.39, 0.29) is 11.2 Å². The Morgan fingerprint density at radius 2 is 1.62 bits per heavy atom.